The predicted molar refractivity (Wildman–Crippen MR) is 75.7 cm³/mol. The van der Waals surface area contributed by atoms with Crippen molar-refractivity contribution in [3.8, 4) is 0 Å². The molecular formula is C15H28N2O2. The van der Waals surface area contributed by atoms with E-state index < -0.39 is 0 Å². The number of piperidine rings is 1. The second-order valence-corrected chi connectivity index (χ2v) is 6.15. The molecule has 0 bridgehead atoms. The molecule has 2 N–H and O–H groups in total. The fourth-order valence-corrected chi connectivity index (χ4v) is 3.10. The van der Waals surface area contributed by atoms with E-state index in [1.165, 1.54) is 25.7 Å². The first-order chi connectivity index (χ1) is 9.20. The summed E-state index contributed by atoms with van der Waals surface area (Å²) in [6.45, 7) is 4.94. The number of hydrogen-bond donors (Lipinski definition) is 1. The third-order valence-corrected chi connectivity index (χ3v) is 4.57. The zero-order chi connectivity index (χ0) is 13.7. The second-order valence-electron chi connectivity index (χ2n) is 6.15. The molecule has 0 aromatic rings. The van der Waals surface area contributed by atoms with Gasteiger partial charge in [-0.15, -0.1) is 0 Å². The van der Waals surface area contributed by atoms with Gasteiger partial charge in [0.25, 0.3) is 0 Å². The van der Waals surface area contributed by atoms with Crippen LogP contribution in [0.1, 0.15) is 45.4 Å². The van der Waals surface area contributed by atoms with Crippen molar-refractivity contribution >= 4 is 5.91 Å². The fraction of sp³-hybridized carbons (Fsp3) is 0.933. The predicted octanol–water partition coefficient (Wildman–Crippen LogP) is 1.78. The Morgan fingerprint density at radius 3 is 2.47 bits per heavy atom. The minimum Gasteiger partial charge on any atom is -0.378 e. The van der Waals surface area contributed by atoms with Gasteiger partial charge in [0.15, 0.2) is 0 Å². The summed E-state index contributed by atoms with van der Waals surface area (Å²) >= 11 is 0. The van der Waals surface area contributed by atoms with E-state index in [9.17, 15) is 4.79 Å². The zero-order valence-electron chi connectivity index (χ0n) is 12.1. The molecule has 4 nitrogen and oxygen atoms in total. The van der Waals surface area contributed by atoms with Crippen LogP contribution in [0.2, 0.25) is 0 Å². The Bertz CT molecular complexity index is 282. The largest absolute Gasteiger partial charge is 0.378 e. The summed E-state index contributed by atoms with van der Waals surface area (Å²) in [6, 6.07) is 0. The fourth-order valence-electron chi connectivity index (χ4n) is 3.10. The maximum atomic E-state index is 12.0. The zero-order valence-corrected chi connectivity index (χ0v) is 12.1. The van der Waals surface area contributed by atoms with Gasteiger partial charge in [-0.25, -0.2) is 0 Å². The van der Waals surface area contributed by atoms with Crippen LogP contribution in [0.25, 0.3) is 0 Å². The van der Waals surface area contributed by atoms with Crippen molar-refractivity contribution in [3.05, 3.63) is 0 Å². The third-order valence-electron chi connectivity index (χ3n) is 4.57. The van der Waals surface area contributed by atoms with Crippen molar-refractivity contribution in [2.24, 2.45) is 17.6 Å². The maximum Gasteiger partial charge on any atom is 0.226 e. The molecule has 19 heavy (non-hydrogen) atoms. The highest BCUT2D eigenvalue weighted by Crippen LogP contribution is 2.26. The first-order valence-electron chi connectivity index (χ1n) is 7.81. The van der Waals surface area contributed by atoms with Crippen molar-refractivity contribution in [2.75, 3.05) is 26.2 Å². The first kappa shape index (κ1) is 14.8. The molecular weight excluding hydrogens is 240 g/mol. The highest BCUT2D eigenvalue weighted by Gasteiger charge is 2.26. The maximum absolute atomic E-state index is 12.0. The minimum atomic E-state index is -0.0454. The number of rotatable bonds is 5. The SMILES string of the molecule is CC(CN)C(=O)N1CCC(OCC2CCCC2)CC1. The lowest BCUT2D eigenvalue weighted by atomic mass is 10.0. The highest BCUT2D eigenvalue weighted by molar-refractivity contribution is 5.78. The van der Waals surface area contributed by atoms with Crippen molar-refractivity contribution in [2.45, 2.75) is 51.6 Å². The van der Waals surface area contributed by atoms with Crippen LogP contribution in [0.4, 0.5) is 0 Å². The van der Waals surface area contributed by atoms with Gasteiger partial charge in [-0.05, 0) is 31.6 Å². The molecule has 1 aliphatic heterocycles. The Hall–Kier alpha value is -0.610. The van der Waals surface area contributed by atoms with E-state index in [4.69, 9.17) is 10.5 Å². The Morgan fingerprint density at radius 2 is 1.89 bits per heavy atom. The Balaban J connectivity index is 1.65. The van der Waals surface area contributed by atoms with Gasteiger partial charge < -0.3 is 15.4 Å². The van der Waals surface area contributed by atoms with Gasteiger partial charge in [-0.1, -0.05) is 19.8 Å². The number of likely N-dealkylation sites (tertiary alicyclic amines) is 1. The number of ether oxygens (including phenoxy) is 1. The van der Waals surface area contributed by atoms with Crippen LogP contribution in [-0.4, -0.2) is 43.2 Å². The van der Waals surface area contributed by atoms with E-state index in [0.717, 1.165) is 38.5 Å². The molecule has 2 rings (SSSR count). The van der Waals surface area contributed by atoms with Gasteiger partial charge in [-0.2, -0.15) is 0 Å². The lowest BCUT2D eigenvalue weighted by Gasteiger charge is -2.33. The first-order valence-corrected chi connectivity index (χ1v) is 7.81. The summed E-state index contributed by atoms with van der Waals surface area (Å²) in [5.41, 5.74) is 5.55. The average molecular weight is 268 g/mol. The summed E-state index contributed by atoms with van der Waals surface area (Å²) in [5.74, 6) is 0.949. The van der Waals surface area contributed by atoms with Crippen LogP contribution >= 0.6 is 0 Å². The van der Waals surface area contributed by atoms with E-state index in [-0.39, 0.29) is 11.8 Å². The summed E-state index contributed by atoms with van der Waals surface area (Å²) in [5, 5.41) is 0. The van der Waals surface area contributed by atoms with Gasteiger partial charge in [0.05, 0.1) is 6.10 Å². The molecule has 1 aliphatic carbocycles. The van der Waals surface area contributed by atoms with Gasteiger partial charge in [0.2, 0.25) is 5.91 Å². The van der Waals surface area contributed by atoms with E-state index in [1.807, 2.05) is 11.8 Å². The molecule has 1 atom stereocenters. The van der Waals surface area contributed by atoms with E-state index >= 15 is 0 Å². The molecule has 0 radical (unpaired) electrons. The standard InChI is InChI=1S/C15H28N2O2/c1-12(10-16)15(18)17-8-6-14(7-9-17)19-11-13-4-2-3-5-13/h12-14H,2-11,16H2,1H3. The van der Waals surface area contributed by atoms with E-state index in [1.54, 1.807) is 0 Å². The average Bonchev–Trinajstić information content (AvgIpc) is 2.97. The van der Waals surface area contributed by atoms with Crippen LogP contribution in [0, 0.1) is 11.8 Å². The molecule has 2 aliphatic rings. The summed E-state index contributed by atoms with van der Waals surface area (Å²) in [4.78, 5) is 14.0. The smallest absolute Gasteiger partial charge is 0.226 e. The molecule has 110 valence electrons. The molecule has 0 aromatic heterocycles. The van der Waals surface area contributed by atoms with Crippen molar-refractivity contribution in [1.82, 2.24) is 4.90 Å². The molecule has 2 fully saturated rings. The molecule has 1 heterocycles. The van der Waals surface area contributed by atoms with Crippen LogP contribution in [0.15, 0.2) is 0 Å². The van der Waals surface area contributed by atoms with Crippen LogP contribution in [0.5, 0.6) is 0 Å². The van der Waals surface area contributed by atoms with Gasteiger partial charge >= 0.3 is 0 Å². The van der Waals surface area contributed by atoms with Crippen molar-refractivity contribution in [1.29, 1.82) is 0 Å². The lowest BCUT2D eigenvalue weighted by Crippen LogP contribution is -2.44. The highest BCUT2D eigenvalue weighted by atomic mass is 16.5. The molecule has 1 saturated heterocycles. The van der Waals surface area contributed by atoms with Crippen molar-refractivity contribution in [3.63, 3.8) is 0 Å². The molecule has 1 saturated carbocycles. The Labute approximate surface area is 116 Å². The molecule has 4 heteroatoms. The van der Waals surface area contributed by atoms with Crippen LogP contribution in [-0.2, 0) is 9.53 Å². The molecule has 0 aromatic carbocycles. The normalized spacial score (nSPS) is 23.8. The number of nitrogens with two attached hydrogens (primary N) is 1. The number of amides is 1. The molecule has 1 unspecified atom stereocenters. The summed E-state index contributed by atoms with van der Waals surface area (Å²) in [6.07, 6.45) is 7.75. The van der Waals surface area contributed by atoms with E-state index in [2.05, 4.69) is 0 Å². The monoisotopic (exact) mass is 268 g/mol. The minimum absolute atomic E-state index is 0.0454. The topological polar surface area (TPSA) is 55.6 Å². The number of nitrogens with zero attached hydrogens (tertiary/aromatic N) is 1. The quantitative estimate of drug-likeness (QED) is 0.827. The Morgan fingerprint density at radius 1 is 1.26 bits per heavy atom. The van der Waals surface area contributed by atoms with Gasteiger partial charge in [0, 0.05) is 32.2 Å². The lowest BCUT2D eigenvalue weighted by molar-refractivity contribution is -0.137. The van der Waals surface area contributed by atoms with Gasteiger partial charge in [0.1, 0.15) is 0 Å². The summed E-state index contributed by atoms with van der Waals surface area (Å²) < 4.78 is 6.02. The Kier molecular flexibility index (Phi) is 5.64. The van der Waals surface area contributed by atoms with Crippen LogP contribution in [0.3, 0.4) is 0 Å². The van der Waals surface area contributed by atoms with Crippen molar-refractivity contribution < 1.29 is 9.53 Å². The molecule has 1 amide bonds. The number of carbonyl (C=O) groups is 1. The van der Waals surface area contributed by atoms with E-state index in [0.29, 0.717) is 12.6 Å². The second kappa shape index (κ2) is 7.25. The third kappa shape index (κ3) is 4.18. The number of hydrogen-bond acceptors (Lipinski definition) is 3. The molecule has 0 spiro atoms. The van der Waals surface area contributed by atoms with Gasteiger partial charge in [-0.3, -0.25) is 4.79 Å². The number of carbonyl (C=O) groups excluding carboxylic acids is 1. The van der Waals surface area contributed by atoms with Crippen LogP contribution < -0.4 is 5.73 Å². The summed E-state index contributed by atoms with van der Waals surface area (Å²) in [7, 11) is 0.